The van der Waals surface area contributed by atoms with Gasteiger partial charge in [-0.05, 0) is 13.5 Å². The Morgan fingerprint density at radius 1 is 1.43 bits per heavy atom. The van der Waals surface area contributed by atoms with Crippen molar-refractivity contribution in [1.29, 1.82) is 0 Å². The third kappa shape index (κ3) is 3.60. The third-order valence-corrected chi connectivity index (χ3v) is 3.76. The van der Waals surface area contributed by atoms with Crippen molar-refractivity contribution in [3.63, 3.8) is 0 Å². The van der Waals surface area contributed by atoms with E-state index in [0.29, 0.717) is 19.6 Å². The molecular weight excluding hydrogens is 272 g/mol. The van der Waals surface area contributed by atoms with Crippen LogP contribution in [0.1, 0.15) is 23.2 Å². The second kappa shape index (κ2) is 6.71. The van der Waals surface area contributed by atoms with Crippen molar-refractivity contribution in [2.75, 3.05) is 40.3 Å². The Morgan fingerprint density at radius 3 is 2.81 bits per heavy atom. The molecule has 0 unspecified atom stereocenters. The molecule has 0 saturated carbocycles. The van der Waals surface area contributed by atoms with E-state index in [0.717, 1.165) is 18.7 Å². The molecule has 7 heteroatoms. The van der Waals surface area contributed by atoms with Crippen molar-refractivity contribution in [3.05, 3.63) is 17.5 Å². The van der Waals surface area contributed by atoms with Crippen LogP contribution in [0.5, 0.6) is 0 Å². The Kier molecular flexibility index (Phi) is 4.95. The summed E-state index contributed by atoms with van der Waals surface area (Å²) >= 11 is 0. The van der Waals surface area contributed by atoms with E-state index < -0.39 is 0 Å². The summed E-state index contributed by atoms with van der Waals surface area (Å²) in [6.45, 7) is 4.29. The van der Waals surface area contributed by atoms with Crippen LogP contribution in [0.4, 0.5) is 0 Å². The number of amides is 2. The SMILES string of the molecule is CCc1cc(C(=O)N2CCN(C)C[C@@H](C(=O)NC)C2)on1. The molecule has 1 N–H and O–H groups in total. The average molecular weight is 294 g/mol. The Balaban J connectivity index is 2.13. The van der Waals surface area contributed by atoms with Crippen LogP contribution >= 0.6 is 0 Å². The van der Waals surface area contributed by atoms with E-state index >= 15 is 0 Å². The minimum Gasteiger partial charge on any atom is -0.359 e. The maximum Gasteiger partial charge on any atom is 0.292 e. The predicted octanol–water partition coefficient (Wildman–Crippen LogP) is -0.0132. The first-order valence-corrected chi connectivity index (χ1v) is 7.20. The molecule has 1 saturated heterocycles. The van der Waals surface area contributed by atoms with Gasteiger partial charge in [-0.2, -0.15) is 0 Å². The summed E-state index contributed by atoms with van der Waals surface area (Å²) in [6, 6.07) is 1.67. The Hall–Kier alpha value is -1.89. The standard InChI is InChI=1S/C14H22N4O3/c1-4-11-7-12(21-16-11)14(20)18-6-5-17(3)8-10(9-18)13(19)15-2/h7,10H,4-6,8-9H2,1-3H3,(H,15,19)/t10-/m1/s1. The number of nitrogens with zero attached hydrogens (tertiary/aromatic N) is 3. The fourth-order valence-electron chi connectivity index (χ4n) is 2.46. The van der Waals surface area contributed by atoms with Crippen LogP contribution in [-0.4, -0.2) is 67.0 Å². The summed E-state index contributed by atoms with van der Waals surface area (Å²) < 4.78 is 5.10. The molecule has 2 heterocycles. The first-order chi connectivity index (χ1) is 10.0. The zero-order valence-electron chi connectivity index (χ0n) is 12.8. The molecule has 1 aliphatic heterocycles. The van der Waals surface area contributed by atoms with E-state index in [1.807, 2.05) is 14.0 Å². The van der Waals surface area contributed by atoms with Gasteiger partial charge < -0.3 is 19.6 Å². The van der Waals surface area contributed by atoms with Crippen LogP contribution in [0.3, 0.4) is 0 Å². The third-order valence-electron chi connectivity index (χ3n) is 3.76. The second-order valence-electron chi connectivity index (χ2n) is 5.36. The highest BCUT2D eigenvalue weighted by Crippen LogP contribution is 2.14. The van der Waals surface area contributed by atoms with E-state index in [1.165, 1.54) is 0 Å². The topological polar surface area (TPSA) is 78.7 Å². The molecule has 0 bridgehead atoms. The fourth-order valence-corrected chi connectivity index (χ4v) is 2.46. The highest BCUT2D eigenvalue weighted by atomic mass is 16.5. The predicted molar refractivity (Wildman–Crippen MR) is 76.8 cm³/mol. The van der Waals surface area contributed by atoms with Crippen molar-refractivity contribution in [3.8, 4) is 0 Å². The molecule has 0 radical (unpaired) electrons. The molecule has 2 rings (SSSR count). The number of carbonyl (C=O) groups is 2. The summed E-state index contributed by atoms with van der Waals surface area (Å²) in [5, 5.41) is 6.50. The van der Waals surface area contributed by atoms with Gasteiger partial charge >= 0.3 is 0 Å². The van der Waals surface area contributed by atoms with Crippen LogP contribution in [-0.2, 0) is 11.2 Å². The highest BCUT2D eigenvalue weighted by molar-refractivity contribution is 5.92. The molecule has 0 aliphatic carbocycles. The molecule has 0 aromatic carbocycles. The normalized spacial score (nSPS) is 20.1. The highest BCUT2D eigenvalue weighted by Gasteiger charge is 2.30. The molecule has 1 aliphatic rings. The van der Waals surface area contributed by atoms with E-state index in [4.69, 9.17) is 4.52 Å². The van der Waals surface area contributed by atoms with Crippen molar-refractivity contribution in [1.82, 2.24) is 20.3 Å². The Morgan fingerprint density at radius 2 is 2.19 bits per heavy atom. The van der Waals surface area contributed by atoms with Gasteiger partial charge in [0.05, 0.1) is 11.6 Å². The summed E-state index contributed by atoms with van der Waals surface area (Å²) in [4.78, 5) is 28.1. The zero-order chi connectivity index (χ0) is 15.4. The lowest BCUT2D eigenvalue weighted by Crippen LogP contribution is -2.41. The number of likely N-dealkylation sites (N-methyl/N-ethyl adjacent to an activating group) is 1. The zero-order valence-corrected chi connectivity index (χ0v) is 12.8. The Bertz CT molecular complexity index is 514. The van der Waals surface area contributed by atoms with Crippen molar-refractivity contribution >= 4 is 11.8 Å². The maximum absolute atomic E-state index is 12.5. The number of carbonyl (C=O) groups excluding carboxylic acids is 2. The van der Waals surface area contributed by atoms with E-state index in [9.17, 15) is 9.59 Å². The van der Waals surface area contributed by atoms with Gasteiger partial charge in [-0.15, -0.1) is 0 Å². The van der Waals surface area contributed by atoms with Crippen LogP contribution in [0, 0.1) is 5.92 Å². The van der Waals surface area contributed by atoms with Crippen molar-refractivity contribution < 1.29 is 14.1 Å². The van der Waals surface area contributed by atoms with E-state index in [2.05, 4.69) is 15.4 Å². The van der Waals surface area contributed by atoms with E-state index in [1.54, 1.807) is 18.0 Å². The smallest absolute Gasteiger partial charge is 0.292 e. The van der Waals surface area contributed by atoms with Gasteiger partial charge in [0.25, 0.3) is 5.91 Å². The first kappa shape index (κ1) is 15.5. The number of rotatable bonds is 3. The average Bonchev–Trinajstić information content (AvgIpc) is 2.89. The first-order valence-electron chi connectivity index (χ1n) is 7.20. The van der Waals surface area contributed by atoms with Gasteiger partial charge in [0.2, 0.25) is 11.7 Å². The number of hydrogen-bond donors (Lipinski definition) is 1. The lowest BCUT2D eigenvalue weighted by molar-refractivity contribution is -0.125. The maximum atomic E-state index is 12.5. The van der Waals surface area contributed by atoms with Gasteiger partial charge in [-0.1, -0.05) is 12.1 Å². The van der Waals surface area contributed by atoms with Gasteiger partial charge in [-0.3, -0.25) is 9.59 Å². The van der Waals surface area contributed by atoms with Gasteiger partial charge in [0.1, 0.15) is 0 Å². The van der Waals surface area contributed by atoms with Crippen LogP contribution in [0.2, 0.25) is 0 Å². The lowest BCUT2D eigenvalue weighted by Gasteiger charge is -2.22. The van der Waals surface area contributed by atoms with Crippen molar-refractivity contribution in [2.45, 2.75) is 13.3 Å². The van der Waals surface area contributed by atoms with Gasteiger partial charge in [0, 0.05) is 39.3 Å². The summed E-state index contributed by atoms with van der Waals surface area (Å²) in [5.41, 5.74) is 0.758. The molecule has 0 spiro atoms. The molecule has 21 heavy (non-hydrogen) atoms. The molecule has 1 aromatic rings. The molecular formula is C14H22N4O3. The quantitative estimate of drug-likeness (QED) is 0.848. The van der Waals surface area contributed by atoms with Gasteiger partial charge in [0.15, 0.2) is 0 Å². The molecule has 7 nitrogen and oxygen atoms in total. The van der Waals surface area contributed by atoms with Gasteiger partial charge in [-0.25, -0.2) is 0 Å². The minimum absolute atomic E-state index is 0.0478. The summed E-state index contributed by atoms with van der Waals surface area (Å²) in [6.07, 6.45) is 0.723. The van der Waals surface area contributed by atoms with E-state index in [-0.39, 0.29) is 23.5 Å². The number of aryl methyl sites for hydroxylation is 1. The van der Waals surface area contributed by atoms with Crippen LogP contribution in [0.25, 0.3) is 0 Å². The van der Waals surface area contributed by atoms with Crippen molar-refractivity contribution in [2.24, 2.45) is 5.92 Å². The minimum atomic E-state index is -0.236. The number of hydrogen-bond acceptors (Lipinski definition) is 5. The van der Waals surface area contributed by atoms with Crippen LogP contribution < -0.4 is 5.32 Å². The monoisotopic (exact) mass is 294 g/mol. The molecule has 1 aromatic heterocycles. The molecule has 116 valence electrons. The number of nitrogens with one attached hydrogen (secondary N) is 1. The number of aromatic nitrogens is 1. The fraction of sp³-hybridized carbons (Fsp3) is 0.643. The molecule has 1 atom stereocenters. The second-order valence-corrected chi connectivity index (χ2v) is 5.36. The Labute approximate surface area is 124 Å². The van der Waals surface area contributed by atoms with Crippen LogP contribution in [0.15, 0.2) is 10.6 Å². The summed E-state index contributed by atoms with van der Waals surface area (Å²) in [7, 11) is 3.57. The molecule has 1 fully saturated rings. The summed E-state index contributed by atoms with van der Waals surface area (Å²) in [5.74, 6) is -0.244. The molecule has 2 amide bonds. The largest absolute Gasteiger partial charge is 0.359 e. The lowest BCUT2D eigenvalue weighted by atomic mass is 10.1.